The van der Waals surface area contributed by atoms with Gasteiger partial charge in [0.15, 0.2) is 0 Å². The van der Waals surface area contributed by atoms with Crippen LogP contribution in [0.3, 0.4) is 0 Å². The highest BCUT2D eigenvalue weighted by Crippen LogP contribution is 2.26. The van der Waals surface area contributed by atoms with Gasteiger partial charge in [-0.1, -0.05) is 0 Å². The summed E-state index contributed by atoms with van der Waals surface area (Å²) < 4.78 is 5.29. The van der Waals surface area contributed by atoms with Crippen molar-refractivity contribution >= 4 is 11.8 Å². The molecule has 0 spiro atoms. The third kappa shape index (κ3) is 2.88. The van der Waals surface area contributed by atoms with Gasteiger partial charge in [0.25, 0.3) is 0 Å². The molecule has 1 aliphatic heterocycles. The highest BCUT2D eigenvalue weighted by Gasteiger charge is 2.40. The molecule has 1 aliphatic rings. The Balaban J connectivity index is 2.34. The summed E-state index contributed by atoms with van der Waals surface area (Å²) in [6.45, 7) is 3.99. The van der Waals surface area contributed by atoms with E-state index in [1.165, 1.54) is 0 Å². The Morgan fingerprint density at radius 3 is 2.76 bits per heavy atom. The largest absolute Gasteiger partial charge is 0.496 e. The van der Waals surface area contributed by atoms with E-state index in [9.17, 15) is 9.59 Å². The summed E-state index contributed by atoms with van der Waals surface area (Å²) in [5, 5.41) is 11.3. The molecule has 1 fully saturated rings. The van der Waals surface area contributed by atoms with Crippen molar-refractivity contribution in [3.8, 4) is 11.8 Å². The van der Waals surface area contributed by atoms with Crippen molar-refractivity contribution in [2.24, 2.45) is 0 Å². The molecule has 0 atom stereocenters. The van der Waals surface area contributed by atoms with Crippen molar-refractivity contribution in [3.05, 3.63) is 29.3 Å². The van der Waals surface area contributed by atoms with Crippen LogP contribution in [0.1, 0.15) is 25.0 Å². The third-order valence-corrected chi connectivity index (χ3v) is 3.70. The number of carbonyl (C=O) groups excluding carboxylic acids is 2. The minimum Gasteiger partial charge on any atom is -0.496 e. The zero-order valence-electron chi connectivity index (χ0n) is 12.3. The molecule has 0 aliphatic carbocycles. The zero-order valence-corrected chi connectivity index (χ0v) is 12.3. The fourth-order valence-electron chi connectivity index (χ4n) is 2.26. The lowest BCUT2D eigenvalue weighted by molar-refractivity contribution is -0.145. The van der Waals surface area contributed by atoms with Gasteiger partial charge in [0, 0.05) is 12.1 Å². The van der Waals surface area contributed by atoms with Gasteiger partial charge >= 0.3 is 0 Å². The lowest BCUT2D eigenvalue weighted by Crippen LogP contribution is -2.63. The number of benzene rings is 1. The number of nitrogens with zero attached hydrogens (tertiary/aromatic N) is 2. The zero-order chi connectivity index (χ0) is 15.6. The number of hydrogen-bond acceptors (Lipinski definition) is 5. The Hall–Kier alpha value is -2.39. The predicted molar refractivity (Wildman–Crippen MR) is 75.3 cm³/mol. The van der Waals surface area contributed by atoms with E-state index >= 15 is 0 Å². The molecule has 1 heterocycles. The molecule has 0 saturated carbocycles. The molecule has 1 aromatic rings. The molecule has 0 unspecified atom stereocenters. The first-order valence-electron chi connectivity index (χ1n) is 6.55. The van der Waals surface area contributed by atoms with Crippen LogP contribution in [0, 0.1) is 11.3 Å². The van der Waals surface area contributed by atoms with Gasteiger partial charge in [-0.2, -0.15) is 5.26 Å². The molecule has 6 heteroatoms. The van der Waals surface area contributed by atoms with Gasteiger partial charge in [0.1, 0.15) is 5.75 Å². The second kappa shape index (κ2) is 5.54. The number of imide groups is 1. The number of nitriles is 1. The summed E-state index contributed by atoms with van der Waals surface area (Å²) in [4.78, 5) is 25.3. The van der Waals surface area contributed by atoms with Gasteiger partial charge in [0.05, 0.1) is 30.8 Å². The van der Waals surface area contributed by atoms with E-state index in [2.05, 4.69) is 11.4 Å². The number of amides is 2. The third-order valence-electron chi connectivity index (χ3n) is 3.70. The van der Waals surface area contributed by atoms with Crippen molar-refractivity contribution in [1.29, 1.82) is 5.26 Å². The molecular formula is C15H17N3O3. The van der Waals surface area contributed by atoms with Crippen LogP contribution in [0.25, 0.3) is 0 Å². The maximum Gasteiger partial charge on any atom is 0.246 e. The first-order chi connectivity index (χ1) is 9.88. The molecule has 0 radical (unpaired) electrons. The van der Waals surface area contributed by atoms with E-state index in [0.29, 0.717) is 17.9 Å². The van der Waals surface area contributed by atoms with Gasteiger partial charge in [-0.3, -0.25) is 19.8 Å². The Labute approximate surface area is 123 Å². The van der Waals surface area contributed by atoms with Crippen LogP contribution in [-0.4, -0.2) is 35.9 Å². The summed E-state index contributed by atoms with van der Waals surface area (Å²) in [7, 11) is 1.55. The van der Waals surface area contributed by atoms with Crippen LogP contribution in [-0.2, 0) is 16.1 Å². The predicted octanol–water partition coefficient (Wildman–Crippen LogP) is 0.804. The first-order valence-corrected chi connectivity index (χ1v) is 6.55. The van der Waals surface area contributed by atoms with Gasteiger partial charge in [-0.05, 0) is 32.0 Å². The topological polar surface area (TPSA) is 82.4 Å². The Bertz CT molecular complexity index is 632. The lowest BCUT2D eigenvalue weighted by Gasteiger charge is -2.40. The smallest absolute Gasteiger partial charge is 0.246 e. The van der Waals surface area contributed by atoms with E-state index in [1.807, 2.05) is 0 Å². The number of piperazine rings is 1. The number of methoxy groups -OCH3 is 1. The molecule has 21 heavy (non-hydrogen) atoms. The maximum atomic E-state index is 11.9. The summed E-state index contributed by atoms with van der Waals surface area (Å²) in [6, 6.07) is 7.17. The fraction of sp³-hybridized carbons (Fsp3) is 0.400. The number of ether oxygens (including phenoxy) is 1. The molecule has 1 N–H and O–H groups in total. The number of carbonyl (C=O) groups is 2. The molecule has 0 bridgehead atoms. The SMILES string of the molecule is COc1ccc(C#N)cc1CN1CC(=O)NC(=O)C1(C)C. The normalized spacial score (nSPS) is 18.0. The van der Waals surface area contributed by atoms with Crippen LogP contribution in [0.15, 0.2) is 18.2 Å². The van der Waals surface area contributed by atoms with Crippen molar-refractivity contribution in [3.63, 3.8) is 0 Å². The summed E-state index contributed by atoms with van der Waals surface area (Å²) in [5.41, 5.74) is 0.477. The van der Waals surface area contributed by atoms with Gasteiger partial charge in [-0.25, -0.2) is 0 Å². The lowest BCUT2D eigenvalue weighted by atomic mass is 9.97. The van der Waals surface area contributed by atoms with Crippen molar-refractivity contribution in [2.75, 3.05) is 13.7 Å². The second-order valence-electron chi connectivity index (χ2n) is 5.43. The van der Waals surface area contributed by atoms with Crippen LogP contribution < -0.4 is 10.1 Å². The Morgan fingerprint density at radius 1 is 1.43 bits per heavy atom. The second-order valence-corrected chi connectivity index (χ2v) is 5.43. The quantitative estimate of drug-likeness (QED) is 0.832. The average Bonchev–Trinajstić information content (AvgIpc) is 2.44. The Morgan fingerprint density at radius 2 is 2.14 bits per heavy atom. The molecule has 1 saturated heterocycles. The van der Waals surface area contributed by atoms with Crippen LogP contribution in [0.4, 0.5) is 0 Å². The van der Waals surface area contributed by atoms with E-state index in [0.717, 1.165) is 5.56 Å². The van der Waals surface area contributed by atoms with Gasteiger partial charge in [-0.15, -0.1) is 0 Å². The number of nitrogens with one attached hydrogen (secondary N) is 1. The van der Waals surface area contributed by atoms with E-state index in [-0.39, 0.29) is 18.4 Å². The monoisotopic (exact) mass is 287 g/mol. The van der Waals surface area contributed by atoms with Crippen LogP contribution >= 0.6 is 0 Å². The fourth-order valence-corrected chi connectivity index (χ4v) is 2.26. The number of rotatable bonds is 3. The molecular weight excluding hydrogens is 270 g/mol. The highest BCUT2D eigenvalue weighted by molar-refractivity contribution is 6.02. The van der Waals surface area contributed by atoms with Crippen LogP contribution in [0.5, 0.6) is 5.75 Å². The molecule has 0 aromatic heterocycles. The average molecular weight is 287 g/mol. The summed E-state index contributed by atoms with van der Waals surface area (Å²) in [5.74, 6) is -0.0212. The maximum absolute atomic E-state index is 11.9. The molecule has 2 amide bonds. The van der Waals surface area contributed by atoms with Crippen molar-refractivity contribution in [1.82, 2.24) is 10.2 Å². The standard InChI is InChI=1S/C15H17N3O3/c1-15(2)14(20)17-13(19)9-18(15)8-11-6-10(7-16)4-5-12(11)21-3/h4-6H,8-9H2,1-3H3,(H,17,19,20). The molecule has 2 rings (SSSR count). The van der Waals surface area contributed by atoms with Gasteiger partial charge < -0.3 is 4.74 Å². The molecule has 110 valence electrons. The molecule has 6 nitrogen and oxygen atoms in total. The van der Waals surface area contributed by atoms with Crippen molar-refractivity contribution in [2.45, 2.75) is 25.9 Å². The first kappa shape index (κ1) is 15.0. The van der Waals surface area contributed by atoms with E-state index < -0.39 is 5.54 Å². The van der Waals surface area contributed by atoms with E-state index in [1.54, 1.807) is 44.1 Å². The van der Waals surface area contributed by atoms with Crippen LogP contribution in [0.2, 0.25) is 0 Å². The van der Waals surface area contributed by atoms with E-state index in [4.69, 9.17) is 10.00 Å². The Kier molecular flexibility index (Phi) is 3.96. The van der Waals surface area contributed by atoms with Crippen molar-refractivity contribution < 1.29 is 14.3 Å². The minimum atomic E-state index is -0.804. The van der Waals surface area contributed by atoms with Gasteiger partial charge in [0.2, 0.25) is 11.8 Å². The summed E-state index contributed by atoms with van der Waals surface area (Å²) >= 11 is 0. The number of hydrogen-bond donors (Lipinski definition) is 1. The minimum absolute atomic E-state index is 0.124. The highest BCUT2D eigenvalue weighted by atomic mass is 16.5. The summed E-state index contributed by atoms with van der Waals surface area (Å²) in [6.07, 6.45) is 0. The molecule has 1 aromatic carbocycles.